The maximum Gasteiger partial charge on any atom is 0.0957 e. The lowest BCUT2D eigenvalue weighted by molar-refractivity contribution is 0.129. The van der Waals surface area contributed by atoms with Crippen molar-refractivity contribution in [1.82, 2.24) is 5.32 Å². The topological polar surface area (TPSA) is 58.3 Å². The van der Waals surface area contributed by atoms with Crippen LogP contribution in [-0.2, 0) is 0 Å². The Bertz CT molecular complexity index is 382. The molecule has 0 radical (unpaired) electrons. The minimum atomic E-state index is -0.629. The third kappa shape index (κ3) is 3.42. The smallest absolute Gasteiger partial charge is 0.0957 e. The van der Waals surface area contributed by atoms with Gasteiger partial charge in [-0.1, -0.05) is 17.7 Å². The quantitative estimate of drug-likeness (QED) is 0.755. The van der Waals surface area contributed by atoms with Crippen molar-refractivity contribution in [3.8, 4) is 0 Å². The molecular formula is C13H21ClN2O. The molecule has 0 saturated heterocycles. The van der Waals surface area contributed by atoms with Gasteiger partial charge in [-0.25, -0.2) is 0 Å². The van der Waals surface area contributed by atoms with Gasteiger partial charge < -0.3 is 16.2 Å². The first-order valence-corrected chi connectivity index (χ1v) is 6.21. The van der Waals surface area contributed by atoms with Crippen LogP contribution < -0.4 is 11.1 Å². The van der Waals surface area contributed by atoms with E-state index in [2.05, 4.69) is 5.32 Å². The molecule has 0 heterocycles. The van der Waals surface area contributed by atoms with Crippen molar-refractivity contribution in [3.05, 3.63) is 33.8 Å². The third-order valence-electron chi connectivity index (χ3n) is 3.16. The minimum Gasteiger partial charge on any atom is -0.387 e. The highest BCUT2D eigenvalue weighted by Crippen LogP contribution is 2.29. The Hall–Kier alpha value is -0.610. The molecule has 0 bridgehead atoms. The largest absolute Gasteiger partial charge is 0.387 e. The Labute approximate surface area is 108 Å². The molecule has 1 aromatic carbocycles. The summed E-state index contributed by atoms with van der Waals surface area (Å²) in [6.07, 6.45) is 0.0799. The predicted octanol–water partition coefficient (Wildman–Crippen LogP) is 1.93. The summed E-state index contributed by atoms with van der Waals surface area (Å²) in [5, 5.41) is 14.0. The molecule has 2 atom stereocenters. The molecule has 2 unspecified atom stereocenters. The molecule has 1 aromatic rings. The van der Waals surface area contributed by atoms with Crippen LogP contribution in [0.15, 0.2) is 12.1 Å². The van der Waals surface area contributed by atoms with E-state index in [-0.39, 0.29) is 6.04 Å². The van der Waals surface area contributed by atoms with Gasteiger partial charge in [0.25, 0.3) is 0 Å². The SMILES string of the molecule is CNC(CCN)C(O)c1cc(C)c(C)cc1Cl. The van der Waals surface area contributed by atoms with Gasteiger partial charge in [0.15, 0.2) is 0 Å². The van der Waals surface area contributed by atoms with E-state index in [9.17, 15) is 5.11 Å². The van der Waals surface area contributed by atoms with Gasteiger partial charge in [-0.3, -0.25) is 0 Å². The van der Waals surface area contributed by atoms with Crippen LogP contribution in [0, 0.1) is 13.8 Å². The standard InChI is InChI=1S/C13H21ClN2O/c1-8-6-10(11(14)7-9(8)2)13(17)12(16-3)4-5-15/h6-7,12-13,16-17H,4-5,15H2,1-3H3. The molecule has 96 valence electrons. The van der Waals surface area contributed by atoms with Gasteiger partial charge >= 0.3 is 0 Å². The number of aliphatic hydroxyl groups excluding tert-OH is 1. The molecule has 4 N–H and O–H groups in total. The van der Waals surface area contributed by atoms with Gasteiger partial charge in [-0.2, -0.15) is 0 Å². The molecular weight excluding hydrogens is 236 g/mol. The highest BCUT2D eigenvalue weighted by atomic mass is 35.5. The first kappa shape index (κ1) is 14.5. The molecule has 17 heavy (non-hydrogen) atoms. The van der Waals surface area contributed by atoms with Crippen molar-refractivity contribution >= 4 is 11.6 Å². The van der Waals surface area contributed by atoms with Crippen LogP contribution >= 0.6 is 11.6 Å². The Balaban J connectivity index is 3.02. The van der Waals surface area contributed by atoms with E-state index in [1.165, 1.54) is 0 Å². The lowest BCUT2D eigenvalue weighted by atomic mass is 9.96. The first-order valence-electron chi connectivity index (χ1n) is 5.83. The fourth-order valence-electron chi connectivity index (χ4n) is 1.89. The van der Waals surface area contributed by atoms with E-state index in [0.717, 1.165) is 16.7 Å². The summed E-state index contributed by atoms with van der Waals surface area (Å²) in [6, 6.07) is 3.77. The summed E-state index contributed by atoms with van der Waals surface area (Å²) >= 11 is 6.18. The van der Waals surface area contributed by atoms with Crippen molar-refractivity contribution in [3.63, 3.8) is 0 Å². The highest BCUT2D eigenvalue weighted by Gasteiger charge is 2.21. The van der Waals surface area contributed by atoms with Gasteiger partial charge in [0, 0.05) is 16.6 Å². The predicted molar refractivity (Wildman–Crippen MR) is 72.4 cm³/mol. The molecule has 0 aliphatic rings. The number of likely N-dealkylation sites (N-methyl/N-ethyl adjacent to an activating group) is 1. The molecule has 0 aromatic heterocycles. The minimum absolute atomic E-state index is 0.0698. The second-order valence-corrected chi connectivity index (χ2v) is 4.78. The molecule has 1 rings (SSSR count). The monoisotopic (exact) mass is 256 g/mol. The Morgan fingerprint density at radius 3 is 2.47 bits per heavy atom. The van der Waals surface area contributed by atoms with Crippen LogP contribution in [0.1, 0.15) is 29.2 Å². The van der Waals surface area contributed by atoms with Gasteiger partial charge in [0.1, 0.15) is 0 Å². The van der Waals surface area contributed by atoms with Gasteiger partial charge in [0.2, 0.25) is 0 Å². The van der Waals surface area contributed by atoms with E-state index in [1.54, 1.807) is 0 Å². The van der Waals surface area contributed by atoms with Crippen LogP contribution in [0.4, 0.5) is 0 Å². The van der Waals surface area contributed by atoms with Crippen LogP contribution in [0.25, 0.3) is 0 Å². The fourth-order valence-corrected chi connectivity index (χ4v) is 2.22. The number of halogens is 1. The van der Waals surface area contributed by atoms with Crippen molar-refractivity contribution in [2.24, 2.45) is 5.73 Å². The summed E-state index contributed by atoms with van der Waals surface area (Å²) in [6.45, 7) is 4.55. The Morgan fingerprint density at radius 2 is 1.94 bits per heavy atom. The zero-order chi connectivity index (χ0) is 13.0. The summed E-state index contributed by atoms with van der Waals surface area (Å²) in [4.78, 5) is 0. The van der Waals surface area contributed by atoms with Crippen molar-refractivity contribution in [1.29, 1.82) is 0 Å². The number of nitrogens with two attached hydrogens (primary N) is 1. The van der Waals surface area contributed by atoms with E-state index in [1.807, 2.05) is 33.0 Å². The second kappa shape index (κ2) is 6.36. The Morgan fingerprint density at radius 1 is 1.35 bits per heavy atom. The Kier molecular flexibility index (Phi) is 5.40. The first-order chi connectivity index (χ1) is 8.01. The lowest BCUT2D eigenvalue weighted by Crippen LogP contribution is -2.34. The van der Waals surface area contributed by atoms with Crippen LogP contribution in [0.2, 0.25) is 5.02 Å². The molecule has 0 amide bonds. The van der Waals surface area contributed by atoms with Gasteiger partial charge in [0.05, 0.1) is 6.10 Å². The summed E-state index contributed by atoms with van der Waals surface area (Å²) < 4.78 is 0. The van der Waals surface area contributed by atoms with Crippen molar-refractivity contribution < 1.29 is 5.11 Å². The molecule has 0 aliphatic heterocycles. The molecule has 0 spiro atoms. The number of nitrogens with one attached hydrogen (secondary N) is 1. The third-order valence-corrected chi connectivity index (χ3v) is 3.49. The van der Waals surface area contributed by atoms with Crippen LogP contribution in [0.3, 0.4) is 0 Å². The van der Waals surface area contributed by atoms with Crippen molar-refractivity contribution in [2.45, 2.75) is 32.4 Å². The van der Waals surface area contributed by atoms with E-state index >= 15 is 0 Å². The summed E-state index contributed by atoms with van der Waals surface area (Å²) in [5.74, 6) is 0. The van der Waals surface area contributed by atoms with E-state index in [4.69, 9.17) is 17.3 Å². The molecule has 4 heteroatoms. The fraction of sp³-hybridized carbons (Fsp3) is 0.538. The van der Waals surface area contributed by atoms with Gasteiger partial charge in [-0.15, -0.1) is 0 Å². The van der Waals surface area contributed by atoms with Crippen LogP contribution in [-0.4, -0.2) is 24.7 Å². The molecule has 3 nitrogen and oxygen atoms in total. The second-order valence-electron chi connectivity index (χ2n) is 4.38. The maximum atomic E-state index is 10.3. The average Bonchev–Trinajstić information content (AvgIpc) is 2.30. The van der Waals surface area contributed by atoms with Crippen molar-refractivity contribution in [2.75, 3.05) is 13.6 Å². The van der Waals surface area contributed by atoms with Gasteiger partial charge in [-0.05, 0) is 51.1 Å². The number of aryl methyl sites for hydroxylation is 2. The average molecular weight is 257 g/mol. The van der Waals surface area contributed by atoms with E-state index < -0.39 is 6.10 Å². The highest BCUT2D eigenvalue weighted by molar-refractivity contribution is 6.31. The number of rotatable bonds is 5. The zero-order valence-corrected chi connectivity index (χ0v) is 11.4. The summed E-state index contributed by atoms with van der Waals surface area (Å²) in [5.41, 5.74) is 8.56. The molecule has 0 aliphatic carbocycles. The lowest BCUT2D eigenvalue weighted by Gasteiger charge is -2.23. The number of benzene rings is 1. The zero-order valence-electron chi connectivity index (χ0n) is 10.6. The van der Waals surface area contributed by atoms with E-state index in [0.29, 0.717) is 18.0 Å². The maximum absolute atomic E-state index is 10.3. The molecule has 0 saturated carbocycles. The molecule has 0 fully saturated rings. The number of hydrogen-bond acceptors (Lipinski definition) is 3. The number of aliphatic hydroxyl groups is 1. The number of hydrogen-bond donors (Lipinski definition) is 3. The normalized spacial score (nSPS) is 14.7. The summed E-state index contributed by atoms with van der Waals surface area (Å²) in [7, 11) is 1.82. The van der Waals surface area contributed by atoms with Crippen LogP contribution in [0.5, 0.6) is 0 Å².